The summed E-state index contributed by atoms with van der Waals surface area (Å²) < 4.78 is 38.0. The van der Waals surface area contributed by atoms with Crippen molar-refractivity contribution in [2.24, 2.45) is 9.98 Å². The maximum atomic E-state index is 12.7. The highest BCUT2D eigenvalue weighted by atomic mass is 19.4. The van der Waals surface area contributed by atoms with Crippen molar-refractivity contribution in [2.45, 2.75) is 40.3 Å². The van der Waals surface area contributed by atoms with E-state index in [4.69, 9.17) is 0 Å². The highest BCUT2D eigenvalue weighted by Gasteiger charge is 2.33. The zero-order chi connectivity index (χ0) is 22.6. The van der Waals surface area contributed by atoms with Crippen molar-refractivity contribution >= 4 is 23.9 Å². The number of aliphatic imine (C=N–C) groups is 2. The Morgan fingerprint density at radius 1 is 1.30 bits per heavy atom. The third-order valence-electron chi connectivity index (χ3n) is 4.15. The van der Waals surface area contributed by atoms with E-state index in [1.807, 2.05) is 19.9 Å². The van der Waals surface area contributed by atoms with Crippen LogP contribution in [0.3, 0.4) is 0 Å². The molecule has 0 aliphatic carbocycles. The van der Waals surface area contributed by atoms with Crippen molar-refractivity contribution in [3.63, 3.8) is 0 Å². The van der Waals surface area contributed by atoms with Crippen molar-refractivity contribution in [1.82, 2.24) is 20.2 Å². The van der Waals surface area contributed by atoms with Crippen LogP contribution in [-0.2, 0) is 11.0 Å². The van der Waals surface area contributed by atoms with Crippen LogP contribution in [0.5, 0.6) is 0 Å². The standard InChI is InChI=1S/C20H29F3N6O/c1-5-15(19-27-13-17(28-19)20(21,22)23)12-25-14-24-9-10-29(8-4)18(30)11-16(6-2)26-7-3/h5-7,12-13,24H,8-11,14H2,1-4H3,(H,27,28)/b15-5+,16-6-,25-12?,26-7?. The molecule has 0 aliphatic rings. The molecule has 1 aromatic rings. The molecule has 0 saturated carbocycles. The second-order valence-corrected chi connectivity index (χ2v) is 6.17. The average molecular weight is 426 g/mol. The number of halogens is 3. The topological polar surface area (TPSA) is 85.7 Å². The fourth-order valence-electron chi connectivity index (χ4n) is 2.50. The number of carbonyl (C=O) groups is 1. The molecule has 0 aromatic carbocycles. The molecule has 0 saturated heterocycles. The molecule has 0 unspecified atom stereocenters. The molecule has 1 aromatic heterocycles. The van der Waals surface area contributed by atoms with Crippen molar-refractivity contribution in [1.29, 1.82) is 0 Å². The number of hydrogen-bond donors (Lipinski definition) is 2. The van der Waals surface area contributed by atoms with Crippen LogP contribution >= 0.6 is 0 Å². The lowest BCUT2D eigenvalue weighted by molar-refractivity contribution is -0.140. The maximum Gasteiger partial charge on any atom is 0.432 e. The second kappa shape index (κ2) is 12.7. The molecule has 0 fully saturated rings. The van der Waals surface area contributed by atoms with Crippen LogP contribution < -0.4 is 5.32 Å². The van der Waals surface area contributed by atoms with Crippen LogP contribution in [0, 0.1) is 0 Å². The van der Waals surface area contributed by atoms with Gasteiger partial charge < -0.3 is 9.88 Å². The largest absolute Gasteiger partial charge is 0.432 e. The number of likely N-dealkylation sites (N-methyl/N-ethyl adjacent to an activating group) is 1. The molecule has 30 heavy (non-hydrogen) atoms. The van der Waals surface area contributed by atoms with E-state index in [0.29, 0.717) is 25.2 Å². The van der Waals surface area contributed by atoms with Crippen LogP contribution in [0.15, 0.2) is 34.0 Å². The van der Waals surface area contributed by atoms with E-state index in [1.165, 1.54) is 6.21 Å². The number of carbonyl (C=O) groups excluding carboxylic acids is 1. The van der Waals surface area contributed by atoms with Gasteiger partial charge in [-0.25, -0.2) is 4.98 Å². The van der Waals surface area contributed by atoms with E-state index in [-0.39, 0.29) is 24.8 Å². The monoisotopic (exact) mass is 426 g/mol. The Bertz CT molecular complexity index is 793. The Labute approximate surface area is 174 Å². The first kappa shape index (κ1) is 25.3. The van der Waals surface area contributed by atoms with E-state index >= 15 is 0 Å². The van der Waals surface area contributed by atoms with Crippen LogP contribution in [0.2, 0.25) is 0 Å². The molecular weight excluding hydrogens is 397 g/mol. The molecule has 0 aliphatic heterocycles. The number of hydrogen-bond acceptors (Lipinski definition) is 5. The zero-order valence-electron chi connectivity index (χ0n) is 17.8. The summed E-state index contributed by atoms with van der Waals surface area (Å²) in [5.41, 5.74) is 0.274. The van der Waals surface area contributed by atoms with Gasteiger partial charge in [0, 0.05) is 43.3 Å². The van der Waals surface area contributed by atoms with Gasteiger partial charge in [0.2, 0.25) is 5.91 Å². The molecule has 10 heteroatoms. The summed E-state index contributed by atoms with van der Waals surface area (Å²) >= 11 is 0. The fraction of sp³-hybridized carbons (Fsp3) is 0.500. The number of aromatic amines is 1. The molecule has 7 nitrogen and oxygen atoms in total. The van der Waals surface area contributed by atoms with Gasteiger partial charge in [-0.1, -0.05) is 12.2 Å². The quantitative estimate of drug-likeness (QED) is 0.418. The maximum absolute atomic E-state index is 12.7. The van der Waals surface area contributed by atoms with Gasteiger partial charge in [-0.3, -0.25) is 20.1 Å². The minimum absolute atomic E-state index is 0.00371. The Kier molecular flexibility index (Phi) is 10.7. The molecule has 0 bridgehead atoms. The van der Waals surface area contributed by atoms with Crippen LogP contribution in [0.4, 0.5) is 13.2 Å². The summed E-state index contributed by atoms with van der Waals surface area (Å²) in [7, 11) is 0. The number of nitrogens with zero attached hydrogens (tertiary/aromatic N) is 4. The molecule has 0 radical (unpaired) electrons. The van der Waals surface area contributed by atoms with Gasteiger partial charge in [-0.15, -0.1) is 0 Å². The summed E-state index contributed by atoms with van der Waals surface area (Å²) in [6.45, 7) is 9.13. The van der Waals surface area contributed by atoms with E-state index in [9.17, 15) is 18.0 Å². The summed E-state index contributed by atoms with van der Waals surface area (Å²) in [5, 5.41) is 3.08. The summed E-state index contributed by atoms with van der Waals surface area (Å²) in [6, 6.07) is 0. The summed E-state index contributed by atoms with van der Waals surface area (Å²) in [4.78, 5) is 28.4. The number of alkyl halides is 3. The predicted molar refractivity (Wildman–Crippen MR) is 113 cm³/mol. The second-order valence-electron chi connectivity index (χ2n) is 6.17. The highest BCUT2D eigenvalue weighted by molar-refractivity contribution is 6.08. The van der Waals surface area contributed by atoms with Crippen molar-refractivity contribution in [3.05, 3.63) is 35.6 Å². The number of amides is 1. The number of rotatable bonds is 11. The third kappa shape index (κ3) is 8.32. The Balaban J connectivity index is 2.48. The number of aromatic nitrogens is 2. The molecule has 0 atom stereocenters. The smallest absolute Gasteiger partial charge is 0.341 e. The molecule has 1 amide bonds. The van der Waals surface area contributed by atoms with E-state index in [0.717, 1.165) is 11.9 Å². The highest BCUT2D eigenvalue weighted by Crippen LogP contribution is 2.28. The van der Waals surface area contributed by atoms with E-state index in [1.54, 1.807) is 31.0 Å². The third-order valence-corrected chi connectivity index (χ3v) is 4.15. The normalized spacial score (nSPS) is 13.6. The number of H-pyrrole nitrogens is 1. The van der Waals surface area contributed by atoms with Gasteiger partial charge in [0.1, 0.15) is 11.5 Å². The first-order valence-electron chi connectivity index (χ1n) is 9.67. The molecule has 1 rings (SSSR count). The van der Waals surface area contributed by atoms with Crippen LogP contribution in [0.25, 0.3) is 5.57 Å². The Morgan fingerprint density at radius 2 is 2.03 bits per heavy atom. The fourth-order valence-corrected chi connectivity index (χ4v) is 2.50. The zero-order valence-corrected chi connectivity index (χ0v) is 17.8. The molecule has 166 valence electrons. The van der Waals surface area contributed by atoms with Gasteiger partial charge in [0.25, 0.3) is 0 Å². The minimum Gasteiger partial charge on any atom is -0.341 e. The number of nitrogens with one attached hydrogen (secondary N) is 2. The summed E-state index contributed by atoms with van der Waals surface area (Å²) in [6.07, 6.45) is 3.08. The minimum atomic E-state index is -4.47. The van der Waals surface area contributed by atoms with Crippen molar-refractivity contribution in [2.75, 3.05) is 26.3 Å². The van der Waals surface area contributed by atoms with Gasteiger partial charge in [-0.05, 0) is 27.7 Å². The summed E-state index contributed by atoms with van der Waals surface area (Å²) in [5.74, 6) is 0.0989. The first-order valence-corrected chi connectivity index (χ1v) is 9.67. The SMILES string of the molecule is CC=N/C(=C\C)CC(=O)N(CC)CCNCN=C/C(=C\C)c1ncc(C(F)(F)F)[nH]1. The van der Waals surface area contributed by atoms with Crippen LogP contribution in [-0.4, -0.2) is 59.5 Å². The Morgan fingerprint density at radius 3 is 2.57 bits per heavy atom. The van der Waals surface area contributed by atoms with Gasteiger partial charge in [0.15, 0.2) is 0 Å². The molecule has 0 spiro atoms. The number of imidazole rings is 1. The van der Waals surface area contributed by atoms with Crippen molar-refractivity contribution in [3.8, 4) is 0 Å². The van der Waals surface area contributed by atoms with Crippen molar-refractivity contribution < 1.29 is 18.0 Å². The lowest BCUT2D eigenvalue weighted by Crippen LogP contribution is -2.36. The first-order chi connectivity index (χ1) is 14.3. The van der Waals surface area contributed by atoms with E-state index < -0.39 is 11.9 Å². The molecule has 1 heterocycles. The van der Waals surface area contributed by atoms with Gasteiger partial charge >= 0.3 is 6.18 Å². The molecular formula is C20H29F3N6O. The van der Waals surface area contributed by atoms with Gasteiger partial charge in [0.05, 0.1) is 19.3 Å². The van der Waals surface area contributed by atoms with Gasteiger partial charge in [-0.2, -0.15) is 13.2 Å². The lowest BCUT2D eigenvalue weighted by atomic mass is 10.2. The lowest BCUT2D eigenvalue weighted by Gasteiger charge is -2.21. The predicted octanol–water partition coefficient (Wildman–Crippen LogP) is 3.68. The Hall–Kier alpha value is -2.75. The van der Waals surface area contributed by atoms with Crippen LogP contribution in [0.1, 0.15) is 45.6 Å². The molecule has 2 N–H and O–H groups in total. The van der Waals surface area contributed by atoms with E-state index in [2.05, 4.69) is 25.3 Å². The number of allylic oxidation sites excluding steroid dienone is 3. The average Bonchev–Trinajstić information content (AvgIpc) is 3.20.